The highest BCUT2D eigenvalue weighted by atomic mass is 16.5. The first-order valence-electron chi connectivity index (χ1n) is 12.5. The lowest BCUT2D eigenvalue weighted by atomic mass is 10.0. The van der Waals surface area contributed by atoms with Crippen molar-refractivity contribution in [3.8, 4) is 40.2 Å². The van der Waals surface area contributed by atoms with Gasteiger partial charge in [-0.15, -0.1) is 0 Å². The number of phenols is 1. The monoisotopic (exact) mass is 514 g/mol. The Morgan fingerprint density at radius 2 is 1.00 bits per heavy atom. The number of ether oxygens (including phenoxy) is 5. The molecule has 1 N–H and O–H groups in total. The Hall–Kier alpha value is -4.32. The third-order valence-corrected chi connectivity index (χ3v) is 6.38. The van der Waals surface area contributed by atoms with Gasteiger partial charge < -0.3 is 28.8 Å². The fourth-order valence-corrected chi connectivity index (χ4v) is 4.38. The minimum atomic E-state index is 0.0341. The maximum absolute atomic E-state index is 10.7. The molecule has 4 rings (SSSR count). The maximum Gasteiger partial charge on any atom is 0.203 e. The Kier molecular flexibility index (Phi) is 8.98. The van der Waals surface area contributed by atoms with Crippen LogP contribution in [0.15, 0.2) is 78.9 Å². The predicted octanol–water partition coefficient (Wildman–Crippen LogP) is 6.79. The smallest absolute Gasteiger partial charge is 0.203 e. The zero-order valence-corrected chi connectivity index (χ0v) is 22.3. The number of aromatic hydroxyl groups is 1. The molecule has 0 heterocycles. The molecule has 0 fully saturated rings. The molecule has 0 atom stereocenters. The van der Waals surface area contributed by atoms with E-state index >= 15 is 0 Å². The summed E-state index contributed by atoms with van der Waals surface area (Å²) in [5, 5.41) is 10.7. The van der Waals surface area contributed by atoms with Gasteiger partial charge in [0.25, 0.3) is 0 Å². The van der Waals surface area contributed by atoms with Crippen molar-refractivity contribution in [1.29, 1.82) is 0 Å². The van der Waals surface area contributed by atoms with Crippen LogP contribution in [0.3, 0.4) is 0 Å². The normalized spacial score (nSPS) is 10.6. The summed E-state index contributed by atoms with van der Waals surface area (Å²) in [4.78, 5) is 0. The van der Waals surface area contributed by atoms with Crippen LogP contribution in [0.1, 0.15) is 22.3 Å². The maximum atomic E-state index is 10.7. The second-order valence-electron chi connectivity index (χ2n) is 8.97. The van der Waals surface area contributed by atoms with Gasteiger partial charge in [-0.05, 0) is 96.5 Å². The lowest BCUT2D eigenvalue weighted by Gasteiger charge is -2.15. The summed E-state index contributed by atoms with van der Waals surface area (Å²) in [5.41, 5.74) is 4.34. The molecule has 0 amide bonds. The summed E-state index contributed by atoms with van der Waals surface area (Å²) in [6, 6.07) is 25.5. The highest BCUT2D eigenvalue weighted by molar-refractivity contribution is 5.55. The van der Waals surface area contributed by atoms with Crippen molar-refractivity contribution in [2.45, 2.75) is 25.7 Å². The SMILES string of the molecule is COc1cccc(CCc2cc(OC)cc(Oc3cc(CCc4cccc(OC)c4)cc(O)c3OC)c2)c1. The molecule has 4 aromatic carbocycles. The first kappa shape index (κ1) is 26.7. The number of hydrogen-bond acceptors (Lipinski definition) is 6. The molecule has 0 bridgehead atoms. The summed E-state index contributed by atoms with van der Waals surface area (Å²) in [7, 11) is 6.48. The van der Waals surface area contributed by atoms with Crippen LogP contribution in [0.5, 0.6) is 40.2 Å². The highest BCUT2D eigenvalue weighted by Gasteiger charge is 2.15. The number of hydrogen-bond donors (Lipinski definition) is 1. The zero-order valence-electron chi connectivity index (χ0n) is 22.3. The van der Waals surface area contributed by atoms with E-state index in [1.807, 2.05) is 60.7 Å². The van der Waals surface area contributed by atoms with Crippen molar-refractivity contribution in [3.63, 3.8) is 0 Å². The standard InChI is InChI=1S/C32H34O6/c1-34-26-9-5-7-22(15-26)11-13-24-17-28(36-3)21-29(18-24)38-31-20-25(19-30(33)32(31)37-4)14-12-23-8-6-10-27(16-23)35-2/h5-10,15-21,33H,11-14H2,1-4H3. The first-order valence-corrected chi connectivity index (χ1v) is 12.5. The lowest BCUT2D eigenvalue weighted by molar-refractivity contribution is 0.347. The van der Waals surface area contributed by atoms with E-state index in [1.54, 1.807) is 27.4 Å². The Morgan fingerprint density at radius 1 is 0.500 bits per heavy atom. The molecule has 0 spiro atoms. The molecule has 4 aromatic rings. The second-order valence-corrected chi connectivity index (χ2v) is 8.97. The van der Waals surface area contributed by atoms with Crippen molar-refractivity contribution in [2.75, 3.05) is 28.4 Å². The fraction of sp³-hybridized carbons (Fsp3) is 0.250. The van der Waals surface area contributed by atoms with Crippen LogP contribution in [-0.2, 0) is 25.7 Å². The first-order chi connectivity index (χ1) is 18.5. The van der Waals surface area contributed by atoms with E-state index in [2.05, 4.69) is 12.1 Å². The van der Waals surface area contributed by atoms with Crippen molar-refractivity contribution in [3.05, 3.63) is 101 Å². The summed E-state index contributed by atoms with van der Waals surface area (Å²) >= 11 is 0. The Balaban J connectivity index is 1.54. The van der Waals surface area contributed by atoms with Crippen LogP contribution in [0.4, 0.5) is 0 Å². The van der Waals surface area contributed by atoms with E-state index in [1.165, 1.54) is 12.7 Å². The molecule has 0 saturated heterocycles. The van der Waals surface area contributed by atoms with E-state index in [9.17, 15) is 5.11 Å². The molecular weight excluding hydrogens is 480 g/mol. The predicted molar refractivity (Wildman–Crippen MR) is 149 cm³/mol. The van der Waals surface area contributed by atoms with Gasteiger partial charge in [-0.3, -0.25) is 0 Å². The molecule has 0 saturated carbocycles. The highest BCUT2D eigenvalue weighted by Crippen LogP contribution is 2.41. The van der Waals surface area contributed by atoms with Gasteiger partial charge in [0.2, 0.25) is 5.75 Å². The van der Waals surface area contributed by atoms with Gasteiger partial charge in [-0.25, -0.2) is 0 Å². The van der Waals surface area contributed by atoms with Crippen LogP contribution in [0.25, 0.3) is 0 Å². The van der Waals surface area contributed by atoms with E-state index in [0.29, 0.717) is 23.7 Å². The van der Waals surface area contributed by atoms with Crippen molar-refractivity contribution in [2.24, 2.45) is 0 Å². The van der Waals surface area contributed by atoms with Gasteiger partial charge in [-0.1, -0.05) is 24.3 Å². The van der Waals surface area contributed by atoms with E-state index in [-0.39, 0.29) is 11.5 Å². The quantitative estimate of drug-likeness (QED) is 0.225. The topological polar surface area (TPSA) is 66.4 Å². The van der Waals surface area contributed by atoms with Gasteiger partial charge in [0, 0.05) is 6.07 Å². The summed E-state index contributed by atoms with van der Waals surface area (Å²) < 4.78 is 28.0. The Labute approximate surface area is 224 Å². The fourth-order valence-electron chi connectivity index (χ4n) is 4.38. The zero-order chi connectivity index (χ0) is 26.9. The van der Waals surface area contributed by atoms with Crippen LogP contribution in [-0.4, -0.2) is 33.5 Å². The number of methoxy groups -OCH3 is 4. The van der Waals surface area contributed by atoms with Crippen molar-refractivity contribution < 1.29 is 28.8 Å². The number of benzene rings is 4. The number of rotatable bonds is 12. The minimum absolute atomic E-state index is 0.0341. The number of aryl methyl sites for hydroxylation is 4. The van der Waals surface area contributed by atoms with Gasteiger partial charge in [0.05, 0.1) is 28.4 Å². The third-order valence-electron chi connectivity index (χ3n) is 6.38. The average Bonchev–Trinajstić information content (AvgIpc) is 2.95. The summed E-state index contributed by atoms with van der Waals surface area (Å²) in [5.74, 6) is 3.73. The van der Waals surface area contributed by atoms with Crippen molar-refractivity contribution in [1.82, 2.24) is 0 Å². The minimum Gasteiger partial charge on any atom is -0.504 e. The lowest BCUT2D eigenvalue weighted by Crippen LogP contribution is -1.98. The van der Waals surface area contributed by atoms with Crippen LogP contribution in [0.2, 0.25) is 0 Å². The summed E-state index contributed by atoms with van der Waals surface area (Å²) in [6.45, 7) is 0. The molecule has 0 unspecified atom stereocenters. The molecule has 198 valence electrons. The van der Waals surface area contributed by atoms with Gasteiger partial charge in [0.1, 0.15) is 23.0 Å². The van der Waals surface area contributed by atoms with Crippen molar-refractivity contribution >= 4 is 0 Å². The van der Waals surface area contributed by atoms with Gasteiger partial charge >= 0.3 is 0 Å². The molecule has 38 heavy (non-hydrogen) atoms. The largest absolute Gasteiger partial charge is 0.504 e. The van der Waals surface area contributed by atoms with Crippen LogP contribution < -0.4 is 23.7 Å². The van der Waals surface area contributed by atoms with Gasteiger partial charge in [-0.2, -0.15) is 0 Å². The van der Waals surface area contributed by atoms with Gasteiger partial charge in [0.15, 0.2) is 11.5 Å². The van der Waals surface area contributed by atoms with Crippen LogP contribution >= 0.6 is 0 Å². The third kappa shape index (κ3) is 6.91. The van der Waals surface area contributed by atoms with E-state index in [0.717, 1.165) is 47.5 Å². The summed E-state index contributed by atoms with van der Waals surface area (Å²) in [6.07, 6.45) is 3.14. The molecule has 0 aliphatic carbocycles. The second kappa shape index (κ2) is 12.8. The Morgan fingerprint density at radius 3 is 1.55 bits per heavy atom. The molecule has 6 heteroatoms. The molecule has 0 aliphatic rings. The van der Waals surface area contributed by atoms with E-state index < -0.39 is 0 Å². The average molecular weight is 515 g/mol. The molecule has 0 aliphatic heterocycles. The molecule has 0 aromatic heterocycles. The Bertz CT molecular complexity index is 1360. The number of phenolic OH excluding ortho intramolecular Hbond substituents is 1. The molecule has 0 radical (unpaired) electrons. The molecular formula is C32H34O6. The van der Waals surface area contributed by atoms with E-state index in [4.69, 9.17) is 23.7 Å². The van der Waals surface area contributed by atoms with Crippen LogP contribution in [0, 0.1) is 0 Å². The molecule has 6 nitrogen and oxygen atoms in total.